The van der Waals surface area contributed by atoms with Crippen molar-refractivity contribution >= 4 is 56.0 Å². The minimum Gasteiger partial charge on any atom is -0.397 e. The molecule has 24 heavy (non-hydrogen) atoms. The maximum atomic E-state index is 12.6. The van der Waals surface area contributed by atoms with E-state index in [0.717, 1.165) is 21.6 Å². The average Bonchev–Trinajstić information content (AvgIpc) is 3.19. The average molecular weight is 372 g/mol. The van der Waals surface area contributed by atoms with Gasteiger partial charge in [0, 0.05) is 11.6 Å². The van der Waals surface area contributed by atoms with Crippen LogP contribution in [-0.2, 0) is 0 Å². The molecule has 0 unspecified atom stereocenters. The van der Waals surface area contributed by atoms with Crippen LogP contribution in [0.4, 0.5) is 5.69 Å². The van der Waals surface area contributed by atoms with Crippen LogP contribution in [0.25, 0.3) is 21.6 Å². The third-order valence-electron chi connectivity index (χ3n) is 3.52. The second kappa shape index (κ2) is 5.98. The number of ketones is 1. The molecule has 7 heteroatoms. The molecule has 4 heterocycles. The van der Waals surface area contributed by atoms with E-state index in [4.69, 9.17) is 17.3 Å². The topological polar surface area (TPSA) is 68.9 Å². The number of nitrogen functional groups attached to an aromatic ring is 1. The van der Waals surface area contributed by atoms with E-state index in [1.807, 2.05) is 30.3 Å². The Labute approximate surface area is 150 Å². The van der Waals surface area contributed by atoms with E-state index in [2.05, 4.69) is 9.97 Å². The van der Waals surface area contributed by atoms with Gasteiger partial charge >= 0.3 is 0 Å². The van der Waals surface area contributed by atoms with E-state index in [0.29, 0.717) is 19.8 Å². The maximum absolute atomic E-state index is 12.6. The zero-order chi connectivity index (χ0) is 16.7. The largest absolute Gasteiger partial charge is 0.397 e. The maximum Gasteiger partial charge on any atom is 0.215 e. The lowest BCUT2D eigenvalue weighted by Gasteiger charge is -1.99. The van der Waals surface area contributed by atoms with Gasteiger partial charge in [0.2, 0.25) is 5.78 Å². The van der Waals surface area contributed by atoms with E-state index in [1.165, 1.54) is 22.7 Å². The molecule has 0 aliphatic carbocycles. The highest BCUT2D eigenvalue weighted by Gasteiger charge is 2.20. The van der Waals surface area contributed by atoms with Gasteiger partial charge in [0.15, 0.2) is 0 Å². The van der Waals surface area contributed by atoms with Crippen LogP contribution in [0.3, 0.4) is 0 Å². The highest BCUT2D eigenvalue weighted by Crippen LogP contribution is 2.36. The summed E-state index contributed by atoms with van der Waals surface area (Å²) in [5, 5.41) is 0.783. The molecule has 0 radical (unpaired) electrons. The summed E-state index contributed by atoms with van der Waals surface area (Å²) < 4.78 is 0.577. The van der Waals surface area contributed by atoms with Gasteiger partial charge < -0.3 is 5.73 Å². The molecular formula is C17H10ClN3OS2. The molecule has 2 N–H and O–H groups in total. The van der Waals surface area contributed by atoms with Crippen LogP contribution >= 0.6 is 34.3 Å². The zero-order valence-electron chi connectivity index (χ0n) is 12.2. The normalized spacial score (nSPS) is 11.0. The first-order valence-corrected chi connectivity index (χ1v) is 9.05. The SMILES string of the molecule is Nc1c(C(=O)c2ccc(Cl)s2)sc2nc(-c3ccccn3)ccc12. The number of nitrogens with two attached hydrogens (primary N) is 1. The molecule has 0 fully saturated rings. The summed E-state index contributed by atoms with van der Waals surface area (Å²) in [4.78, 5) is 23.3. The van der Waals surface area contributed by atoms with Gasteiger partial charge in [-0.15, -0.1) is 22.7 Å². The fourth-order valence-electron chi connectivity index (χ4n) is 2.37. The van der Waals surface area contributed by atoms with Crippen molar-refractivity contribution in [3.63, 3.8) is 0 Å². The van der Waals surface area contributed by atoms with Crippen LogP contribution in [0.5, 0.6) is 0 Å². The lowest BCUT2D eigenvalue weighted by atomic mass is 10.2. The summed E-state index contributed by atoms with van der Waals surface area (Å²) in [6.07, 6.45) is 1.72. The molecular weight excluding hydrogens is 362 g/mol. The van der Waals surface area contributed by atoms with Crippen LogP contribution in [-0.4, -0.2) is 15.8 Å². The van der Waals surface area contributed by atoms with Crippen molar-refractivity contribution in [1.29, 1.82) is 0 Å². The molecule has 0 aromatic carbocycles. The number of hydrogen-bond donors (Lipinski definition) is 1. The van der Waals surface area contributed by atoms with Crippen LogP contribution in [0.1, 0.15) is 14.5 Å². The van der Waals surface area contributed by atoms with E-state index in [-0.39, 0.29) is 5.78 Å². The Morgan fingerprint density at radius 3 is 2.62 bits per heavy atom. The molecule has 0 atom stereocenters. The van der Waals surface area contributed by atoms with Crippen molar-refractivity contribution in [2.75, 3.05) is 5.73 Å². The van der Waals surface area contributed by atoms with Crippen LogP contribution in [0, 0.1) is 0 Å². The number of anilines is 1. The number of rotatable bonds is 3. The quantitative estimate of drug-likeness (QED) is 0.521. The lowest BCUT2D eigenvalue weighted by Crippen LogP contribution is -1.99. The number of pyridine rings is 2. The van der Waals surface area contributed by atoms with Gasteiger partial charge in [-0.25, -0.2) is 4.98 Å². The number of nitrogens with zero attached hydrogens (tertiary/aromatic N) is 2. The number of carbonyl (C=O) groups is 1. The smallest absolute Gasteiger partial charge is 0.215 e. The van der Waals surface area contributed by atoms with Crippen LogP contribution in [0.15, 0.2) is 48.7 Å². The fraction of sp³-hybridized carbons (Fsp3) is 0. The summed E-state index contributed by atoms with van der Waals surface area (Å²) >= 11 is 8.46. The summed E-state index contributed by atoms with van der Waals surface area (Å²) in [6.45, 7) is 0. The highest BCUT2D eigenvalue weighted by molar-refractivity contribution is 7.23. The Morgan fingerprint density at radius 2 is 1.92 bits per heavy atom. The first-order valence-electron chi connectivity index (χ1n) is 7.04. The van der Waals surface area contributed by atoms with Gasteiger partial charge in [-0.3, -0.25) is 9.78 Å². The molecule has 0 spiro atoms. The molecule has 0 amide bonds. The fourth-order valence-corrected chi connectivity index (χ4v) is 4.47. The number of halogens is 1. The minimum atomic E-state index is -0.119. The van der Waals surface area contributed by atoms with E-state index < -0.39 is 0 Å². The minimum absolute atomic E-state index is 0.119. The second-order valence-corrected chi connectivity index (χ2v) is 7.76. The molecule has 4 nitrogen and oxygen atoms in total. The Bertz CT molecular complexity index is 1060. The van der Waals surface area contributed by atoms with E-state index in [1.54, 1.807) is 18.3 Å². The van der Waals surface area contributed by atoms with Crippen molar-refractivity contribution in [2.45, 2.75) is 0 Å². The summed E-state index contributed by atoms with van der Waals surface area (Å²) in [5.41, 5.74) is 8.18. The number of thiophene rings is 2. The molecule has 4 aromatic rings. The van der Waals surface area contributed by atoms with Crippen molar-refractivity contribution < 1.29 is 4.79 Å². The monoisotopic (exact) mass is 371 g/mol. The molecule has 0 bridgehead atoms. The first-order chi connectivity index (χ1) is 11.6. The predicted octanol–water partition coefficient (Wildman–Crippen LogP) is 4.89. The Balaban J connectivity index is 1.81. The summed E-state index contributed by atoms with van der Waals surface area (Å²) in [6, 6.07) is 12.8. The molecule has 0 aliphatic rings. The van der Waals surface area contributed by atoms with Gasteiger partial charge in [0.25, 0.3) is 0 Å². The van der Waals surface area contributed by atoms with Gasteiger partial charge in [-0.1, -0.05) is 17.7 Å². The molecule has 118 valence electrons. The van der Waals surface area contributed by atoms with Gasteiger partial charge in [0.05, 0.1) is 26.3 Å². The van der Waals surface area contributed by atoms with Crippen molar-refractivity contribution in [3.05, 3.63) is 62.8 Å². The van der Waals surface area contributed by atoms with Crippen molar-refractivity contribution in [1.82, 2.24) is 9.97 Å². The van der Waals surface area contributed by atoms with Gasteiger partial charge in [-0.2, -0.15) is 0 Å². The number of hydrogen-bond acceptors (Lipinski definition) is 6. The molecule has 0 saturated carbocycles. The van der Waals surface area contributed by atoms with Crippen LogP contribution < -0.4 is 5.73 Å². The Hall–Kier alpha value is -2.28. The summed E-state index contributed by atoms with van der Waals surface area (Å²) in [5.74, 6) is -0.119. The van der Waals surface area contributed by atoms with E-state index >= 15 is 0 Å². The number of carbonyl (C=O) groups excluding carboxylic acids is 1. The third-order valence-corrected chi connectivity index (χ3v) is 5.87. The molecule has 4 rings (SSSR count). The number of aromatic nitrogens is 2. The second-order valence-electron chi connectivity index (χ2n) is 5.04. The van der Waals surface area contributed by atoms with Crippen molar-refractivity contribution in [2.24, 2.45) is 0 Å². The van der Waals surface area contributed by atoms with Gasteiger partial charge in [-0.05, 0) is 36.4 Å². The lowest BCUT2D eigenvalue weighted by molar-refractivity contribution is 0.104. The zero-order valence-corrected chi connectivity index (χ0v) is 14.6. The standard InChI is InChI=1S/C17H10ClN3OS2/c18-13-7-6-12(23-13)15(22)16-14(19)9-4-5-11(21-17(9)24-16)10-3-1-2-8-20-10/h1-8H,19H2. The molecule has 4 aromatic heterocycles. The Morgan fingerprint density at radius 1 is 1.04 bits per heavy atom. The van der Waals surface area contributed by atoms with E-state index in [9.17, 15) is 4.79 Å². The molecule has 0 saturated heterocycles. The molecule has 0 aliphatic heterocycles. The van der Waals surface area contributed by atoms with Crippen LogP contribution in [0.2, 0.25) is 4.34 Å². The van der Waals surface area contributed by atoms with Crippen molar-refractivity contribution in [3.8, 4) is 11.4 Å². The third kappa shape index (κ3) is 2.58. The van der Waals surface area contributed by atoms with Gasteiger partial charge in [0.1, 0.15) is 9.71 Å². The highest BCUT2D eigenvalue weighted by atomic mass is 35.5. The predicted molar refractivity (Wildman–Crippen MR) is 100 cm³/mol. The Kier molecular flexibility index (Phi) is 3.80. The summed E-state index contributed by atoms with van der Waals surface area (Å²) in [7, 11) is 0. The first kappa shape index (κ1) is 15.3. The number of fused-ring (bicyclic) bond motifs is 1.